The van der Waals surface area contributed by atoms with Gasteiger partial charge in [0.15, 0.2) is 16.6 Å². The number of allylic oxidation sites excluding steroid dienone is 1. The molecule has 0 aliphatic carbocycles. The minimum absolute atomic E-state index is 0.0539. The zero-order chi connectivity index (χ0) is 15.8. The molecule has 5 nitrogen and oxygen atoms in total. The summed E-state index contributed by atoms with van der Waals surface area (Å²) in [7, 11) is 1.61. The third-order valence-corrected chi connectivity index (χ3v) is 2.57. The Balaban J connectivity index is 3.18. The molecule has 6 heteroatoms. The van der Waals surface area contributed by atoms with Crippen molar-refractivity contribution in [3.05, 3.63) is 35.9 Å². The van der Waals surface area contributed by atoms with Crippen LogP contribution in [-0.4, -0.2) is 24.5 Å². The molecule has 0 unspecified atom stereocenters. The summed E-state index contributed by atoms with van der Waals surface area (Å²) in [6.07, 6.45) is 4.16. The maximum absolute atomic E-state index is 5.84. The van der Waals surface area contributed by atoms with Crippen LogP contribution in [-0.2, 0) is 6.42 Å². The van der Waals surface area contributed by atoms with Crippen molar-refractivity contribution in [1.82, 2.24) is 5.43 Å². The lowest BCUT2D eigenvalue weighted by atomic mass is 10.1. The van der Waals surface area contributed by atoms with Gasteiger partial charge in [-0.3, -0.25) is 5.43 Å². The number of nitrogens with zero attached hydrogens (tertiary/aromatic N) is 1. The topological polar surface area (TPSA) is 68.9 Å². The van der Waals surface area contributed by atoms with Crippen molar-refractivity contribution in [2.45, 2.75) is 26.4 Å². The van der Waals surface area contributed by atoms with E-state index in [1.165, 1.54) is 0 Å². The number of hydrogen-bond acceptors (Lipinski definition) is 4. The molecule has 3 N–H and O–H groups in total. The summed E-state index contributed by atoms with van der Waals surface area (Å²) in [6, 6.07) is 3.81. The number of rotatable bonds is 7. The van der Waals surface area contributed by atoms with E-state index < -0.39 is 0 Å². The van der Waals surface area contributed by atoms with Crippen LogP contribution in [0.15, 0.2) is 29.9 Å². The molecule has 0 fully saturated rings. The number of benzene rings is 1. The van der Waals surface area contributed by atoms with E-state index in [1.54, 1.807) is 13.3 Å². The fourth-order valence-corrected chi connectivity index (χ4v) is 1.81. The van der Waals surface area contributed by atoms with Crippen LogP contribution in [0.3, 0.4) is 0 Å². The average molecular weight is 307 g/mol. The lowest BCUT2D eigenvalue weighted by molar-refractivity contribution is 0.228. The van der Waals surface area contributed by atoms with Gasteiger partial charge in [0.05, 0.1) is 19.4 Å². The number of nitrogens with two attached hydrogens (primary N) is 1. The summed E-state index contributed by atoms with van der Waals surface area (Å²) in [5.74, 6) is 1.38. The number of hydrazone groups is 1. The third kappa shape index (κ3) is 5.43. The van der Waals surface area contributed by atoms with Crippen molar-refractivity contribution in [1.29, 1.82) is 0 Å². The highest BCUT2D eigenvalue weighted by atomic mass is 32.1. The Labute approximate surface area is 130 Å². The number of nitrogens with one attached hydrogen (secondary N) is 1. The van der Waals surface area contributed by atoms with Gasteiger partial charge in [-0.05, 0) is 50.2 Å². The van der Waals surface area contributed by atoms with E-state index in [1.807, 2.05) is 32.1 Å². The van der Waals surface area contributed by atoms with Crippen LogP contribution >= 0.6 is 12.2 Å². The van der Waals surface area contributed by atoms with Gasteiger partial charge in [-0.25, -0.2) is 0 Å². The molecule has 1 aromatic carbocycles. The highest BCUT2D eigenvalue weighted by molar-refractivity contribution is 7.80. The summed E-state index contributed by atoms with van der Waals surface area (Å²) in [5.41, 5.74) is 9.67. The quantitative estimate of drug-likeness (QED) is 0.350. The first-order chi connectivity index (χ1) is 9.97. The van der Waals surface area contributed by atoms with Crippen LogP contribution in [0.25, 0.3) is 0 Å². The lowest BCUT2D eigenvalue weighted by Crippen LogP contribution is -2.24. The van der Waals surface area contributed by atoms with E-state index >= 15 is 0 Å². The van der Waals surface area contributed by atoms with Crippen LogP contribution in [0.1, 0.15) is 25.0 Å². The van der Waals surface area contributed by atoms with Gasteiger partial charge in [0.1, 0.15) is 0 Å². The van der Waals surface area contributed by atoms with E-state index in [0.717, 1.165) is 16.9 Å². The molecule has 0 aromatic heterocycles. The second-order valence-corrected chi connectivity index (χ2v) is 5.04. The number of hydrogen-bond donors (Lipinski definition) is 2. The van der Waals surface area contributed by atoms with Crippen LogP contribution in [0, 0.1) is 0 Å². The number of methoxy groups -OCH3 is 1. The Morgan fingerprint density at radius 3 is 2.76 bits per heavy atom. The van der Waals surface area contributed by atoms with Crippen LogP contribution in [0.4, 0.5) is 0 Å². The van der Waals surface area contributed by atoms with Crippen molar-refractivity contribution in [3.8, 4) is 11.5 Å². The Kier molecular flexibility index (Phi) is 6.68. The van der Waals surface area contributed by atoms with Crippen LogP contribution in [0.5, 0.6) is 11.5 Å². The molecule has 0 aliphatic rings. The molecule has 0 radical (unpaired) electrons. The van der Waals surface area contributed by atoms with E-state index in [9.17, 15) is 0 Å². The first kappa shape index (κ1) is 17.0. The van der Waals surface area contributed by atoms with E-state index in [4.69, 9.17) is 27.4 Å². The molecule has 0 bridgehead atoms. The lowest BCUT2D eigenvalue weighted by Gasteiger charge is -2.17. The van der Waals surface area contributed by atoms with Gasteiger partial charge in [-0.15, -0.1) is 6.58 Å². The van der Waals surface area contributed by atoms with Crippen molar-refractivity contribution in [2.75, 3.05) is 7.11 Å². The van der Waals surface area contributed by atoms with Gasteiger partial charge in [-0.1, -0.05) is 6.08 Å². The van der Waals surface area contributed by atoms with E-state index in [-0.39, 0.29) is 11.2 Å². The third-order valence-electron chi connectivity index (χ3n) is 2.48. The molecular formula is C15H21N3O2S. The molecule has 1 aromatic rings. The zero-order valence-corrected chi connectivity index (χ0v) is 13.4. The highest BCUT2D eigenvalue weighted by Gasteiger charge is 2.13. The largest absolute Gasteiger partial charge is 0.493 e. The molecule has 0 heterocycles. The Bertz CT molecular complexity index is 542. The van der Waals surface area contributed by atoms with Gasteiger partial charge in [0.25, 0.3) is 0 Å². The maximum atomic E-state index is 5.84. The molecule has 0 saturated carbocycles. The van der Waals surface area contributed by atoms with Crippen LogP contribution < -0.4 is 20.6 Å². The summed E-state index contributed by atoms with van der Waals surface area (Å²) >= 11 is 4.69. The van der Waals surface area contributed by atoms with E-state index in [2.05, 4.69) is 17.1 Å². The second-order valence-electron chi connectivity index (χ2n) is 4.61. The Morgan fingerprint density at radius 1 is 1.52 bits per heavy atom. The first-order valence-electron chi connectivity index (χ1n) is 6.54. The van der Waals surface area contributed by atoms with Gasteiger partial charge in [0, 0.05) is 5.56 Å². The van der Waals surface area contributed by atoms with Crippen molar-refractivity contribution < 1.29 is 9.47 Å². The van der Waals surface area contributed by atoms with E-state index in [0.29, 0.717) is 12.2 Å². The first-order valence-corrected chi connectivity index (χ1v) is 6.95. The van der Waals surface area contributed by atoms with Crippen LogP contribution in [0.2, 0.25) is 0 Å². The molecule has 114 valence electrons. The molecule has 0 aliphatic heterocycles. The molecular weight excluding hydrogens is 286 g/mol. The Morgan fingerprint density at radius 2 is 2.24 bits per heavy atom. The Hall–Kier alpha value is -2.08. The zero-order valence-electron chi connectivity index (χ0n) is 12.6. The maximum Gasteiger partial charge on any atom is 0.184 e. The fraction of sp³-hybridized carbons (Fsp3) is 0.333. The molecule has 0 amide bonds. The summed E-state index contributed by atoms with van der Waals surface area (Å²) < 4.78 is 11.3. The molecule has 0 saturated heterocycles. The van der Waals surface area contributed by atoms with Gasteiger partial charge >= 0.3 is 0 Å². The van der Waals surface area contributed by atoms with Crippen molar-refractivity contribution >= 4 is 23.5 Å². The molecule has 0 atom stereocenters. The summed E-state index contributed by atoms with van der Waals surface area (Å²) in [5, 5.41) is 4.06. The summed E-state index contributed by atoms with van der Waals surface area (Å²) in [6.45, 7) is 7.71. The number of ether oxygens (including phenoxy) is 2. The molecule has 21 heavy (non-hydrogen) atoms. The monoisotopic (exact) mass is 307 g/mol. The smallest absolute Gasteiger partial charge is 0.184 e. The number of thiocarbonyl (C=S) groups is 1. The van der Waals surface area contributed by atoms with Gasteiger partial charge < -0.3 is 15.2 Å². The SMILES string of the molecule is C=CCc1cc(C=NNC(N)=S)cc(OC)c1OC(C)C. The highest BCUT2D eigenvalue weighted by Crippen LogP contribution is 2.34. The standard InChI is InChI=1S/C15H21N3O2S/c1-5-6-12-7-11(9-17-18-15(16)21)8-13(19-4)14(12)20-10(2)3/h5,7-10H,1,6H2,2-4H3,(H3,16,18,21). The van der Waals surface area contributed by atoms with Gasteiger partial charge in [0.2, 0.25) is 0 Å². The fourth-order valence-electron chi connectivity index (χ4n) is 1.76. The normalized spacial score (nSPS) is 10.7. The second kappa shape index (κ2) is 8.26. The predicted octanol–water partition coefficient (Wildman–Crippen LogP) is 2.38. The average Bonchev–Trinajstić information content (AvgIpc) is 2.40. The minimum Gasteiger partial charge on any atom is -0.493 e. The van der Waals surface area contributed by atoms with Crippen molar-refractivity contribution in [2.24, 2.45) is 10.8 Å². The molecule has 1 rings (SSSR count). The van der Waals surface area contributed by atoms with Crippen molar-refractivity contribution in [3.63, 3.8) is 0 Å². The van der Waals surface area contributed by atoms with Gasteiger partial charge in [-0.2, -0.15) is 5.10 Å². The minimum atomic E-state index is 0.0539. The predicted molar refractivity (Wildman–Crippen MR) is 90.2 cm³/mol. The summed E-state index contributed by atoms with van der Waals surface area (Å²) in [4.78, 5) is 0. The molecule has 0 spiro atoms.